The monoisotopic (exact) mass is 294 g/mol. The van der Waals surface area contributed by atoms with Gasteiger partial charge < -0.3 is 9.64 Å². The zero-order chi connectivity index (χ0) is 15.4. The summed E-state index contributed by atoms with van der Waals surface area (Å²) in [5, 5.41) is 0. The van der Waals surface area contributed by atoms with Crippen LogP contribution >= 0.6 is 0 Å². The average Bonchev–Trinajstić information content (AvgIpc) is 2.47. The minimum absolute atomic E-state index is 0.00828. The van der Waals surface area contributed by atoms with E-state index in [1.165, 1.54) is 25.7 Å². The smallest absolute Gasteiger partial charge is 0.340 e. The third kappa shape index (κ3) is 4.02. The standard InChI is InChI=1S/C16H23FN2O2/c1-18(2)13-5-4-8-19(11-13)10-12-6-7-14(15(17)9-12)16(20)21-3/h6-7,9,13H,4-5,8,10-11H2,1-3H3. The largest absolute Gasteiger partial charge is 0.465 e. The van der Waals surface area contributed by atoms with E-state index >= 15 is 0 Å². The number of halogens is 1. The van der Waals surface area contributed by atoms with Crippen molar-refractivity contribution < 1.29 is 13.9 Å². The molecular formula is C16H23FN2O2. The second-order valence-electron chi connectivity index (χ2n) is 5.80. The predicted octanol–water partition coefficient (Wildman–Crippen LogP) is 2.14. The summed E-state index contributed by atoms with van der Waals surface area (Å²) in [4.78, 5) is 16.0. The normalized spacial score (nSPS) is 19.8. The molecule has 1 aliphatic heterocycles. The van der Waals surface area contributed by atoms with E-state index < -0.39 is 11.8 Å². The number of nitrogens with zero attached hydrogens (tertiary/aromatic N) is 2. The number of piperidine rings is 1. The van der Waals surface area contributed by atoms with Gasteiger partial charge in [-0.05, 0) is 51.2 Å². The van der Waals surface area contributed by atoms with Crippen molar-refractivity contribution in [2.24, 2.45) is 0 Å². The molecular weight excluding hydrogens is 271 g/mol. The second kappa shape index (κ2) is 7.00. The lowest BCUT2D eigenvalue weighted by molar-refractivity contribution is 0.0595. The van der Waals surface area contributed by atoms with Gasteiger partial charge in [-0.3, -0.25) is 4.90 Å². The quantitative estimate of drug-likeness (QED) is 0.797. The molecule has 0 N–H and O–H groups in total. The zero-order valence-electron chi connectivity index (χ0n) is 12.9. The van der Waals surface area contributed by atoms with E-state index in [9.17, 15) is 9.18 Å². The van der Waals surface area contributed by atoms with Gasteiger partial charge in [0, 0.05) is 19.1 Å². The van der Waals surface area contributed by atoms with Crippen molar-refractivity contribution in [3.63, 3.8) is 0 Å². The van der Waals surface area contributed by atoms with Gasteiger partial charge in [0.15, 0.2) is 0 Å². The van der Waals surface area contributed by atoms with Gasteiger partial charge in [0.1, 0.15) is 5.82 Å². The zero-order valence-corrected chi connectivity index (χ0v) is 12.9. The van der Waals surface area contributed by atoms with E-state index in [-0.39, 0.29) is 5.56 Å². The lowest BCUT2D eigenvalue weighted by atomic mass is 10.0. The second-order valence-corrected chi connectivity index (χ2v) is 5.80. The number of likely N-dealkylation sites (N-methyl/N-ethyl adjacent to an activating group) is 1. The minimum Gasteiger partial charge on any atom is -0.465 e. The van der Waals surface area contributed by atoms with Crippen LogP contribution in [0.15, 0.2) is 18.2 Å². The molecule has 1 aliphatic rings. The first-order valence-corrected chi connectivity index (χ1v) is 7.26. The Kier molecular flexibility index (Phi) is 5.31. The van der Waals surface area contributed by atoms with Crippen molar-refractivity contribution >= 4 is 5.97 Å². The molecule has 0 bridgehead atoms. The molecule has 21 heavy (non-hydrogen) atoms. The van der Waals surface area contributed by atoms with Crippen LogP contribution in [0.1, 0.15) is 28.8 Å². The number of methoxy groups -OCH3 is 1. The molecule has 0 saturated carbocycles. The van der Waals surface area contributed by atoms with Gasteiger partial charge >= 0.3 is 5.97 Å². The summed E-state index contributed by atoms with van der Waals surface area (Å²) in [6.07, 6.45) is 2.37. The lowest BCUT2D eigenvalue weighted by Gasteiger charge is -2.36. The highest BCUT2D eigenvalue weighted by Crippen LogP contribution is 2.18. The third-order valence-electron chi connectivity index (χ3n) is 4.06. The van der Waals surface area contributed by atoms with Gasteiger partial charge in [0.05, 0.1) is 12.7 Å². The average molecular weight is 294 g/mol. The molecule has 2 rings (SSSR count). The maximum absolute atomic E-state index is 13.9. The van der Waals surface area contributed by atoms with Crippen molar-refractivity contribution in [1.29, 1.82) is 0 Å². The molecule has 1 fully saturated rings. The molecule has 1 aromatic carbocycles. The maximum atomic E-state index is 13.9. The van der Waals surface area contributed by atoms with Crippen LogP contribution in [0.25, 0.3) is 0 Å². The molecule has 0 spiro atoms. The first kappa shape index (κ1) is 15.9. The van der Waals surface area contributed by atoms with Crippen LogP contribution in [-0.4, -0.2) is 56.1 Å². The van der Waals surface area contributed by atoms with Crippen LogP contribution in [0.4, 0.5) is 4.39 Å². The molecule has 1 atom stereocenters. The number of carbonyl (C=O) groups excluding carboxylic acids is 1. The van der Waals surface area contributed by atoms with Crippen LogP contribution in [-0.2, 0) is 11.3 Å². The number of benzene rings is 1. The molecule has 5 heteroatoms. The fourth-order valence-electron chi connectivity index (χ4n) is 2.79. The molecule has 0 aromatic heterocycles. The lowest BCUT2D eigenvalue weighted by Crippen LogP contribution is -2.44. The van der Waals surface area contributed by atoms with Crippen molar-refractivity contribution in [1.82, 2.24) is 9.80 Å². The van der Waals surface area contributed by atoms with Crippen LogP contribution in [0.2, 0.25) is 0 Å². The Morgan fingerprint density at radius 2 is 2.24 bits per heavy atom. The fraction of sp³-hybridized carbons (Fsp3) is 0.562. The molecule has 0 aliphatic carbocycles. The van der Waals surface area contributed by atoms with E-state index in [4.69, 9.17) is 0 Å². The summed E-state index contributed by atoms with van der Waals surface area (Å²) in [5.41, 5.74) is 0.880. The molecule has 1 heterocycles. The summed E-state index contributed by atoms with van der Waals surface area (Å²) in [5.74, 6) is -1.15. The van der Waals surface area contributed by atoms with E-state index in [0.29, 0.717) is 12.6 Å². The van der Waals surface area contributed by atoms with Gasteiger partial charge in [-0.2, -0.15) is 0 Å². The van der Waals surface area contributed by atoms with Crippen molar-refractivity contribution in [2.75, 3.05) is 34.3 Å². The number of rotatable bonds is 4. The van der Waals surface area contributed by atoms with Crippen molar-refractivity contribution in [2.45, 2.75) is 25.4 Å². The van der Waals surface area contributed by atoms with Crippen LogP contribution < -0.4 is 0 Å². The first-order valence-electron chi connectivity index (χ1n) is 7.26. The van der Waals surface area contributed by atoms with E-state index in [2.05, 4.69) is 28.6 Å². The highest BCUT2D eigenvalue weighted by atomic mass is 19.1. The molecule has 1 saturated heterocycles. The predicted molar refractivity (Wildman–Crippen MR) is 79.7 cm³/mol. The summed E-state index contributed by atoms with van der Waals surface area (Å²) in [6.45, 7) is 2.74. The molecule has 0 radical (unpaired) electrons. The van der Waals surface area contributed by atoms with Crippen molar-refractivity contribution in [3.05, 3.63) is 35.1 Å². The first-order chi connectivity index (χ1) is 10.0. The van der Waals surface area contributed by atoms with E-state index in [0.717, 1.165) is 25.1 Å². The Morgan fingerprint density at radius 1 is 1.48 bits per heavy atom. The number of hydrogen-bond donors (Lipinski definition) is 0. The number of likely N-dealkylation sites (tertiary alicyclic amines) is 1. The topological polar surface area (TPSA) is 32.8 Å². The SMILES string of the molecule is COC(=O)c1ccc(CN2CCCC(N(C)C)C2)cc1F. The number of carbonyl (C=O) groups is 1. The number of ether oxygens (including phenoxy) is 1. The van der Waals surface area contributed by atoms with Gasteiger partial charge in [-0.25, -0.2) is 9.18 Å². The van der Waals surface area contributed by atoms with Gasteiger partial charge in [-0.15, -0.1) is 0 Å². The van der Waals surface area contributed by atoms with E-state index in [1.54, 1.807) is 6.07 Å². The third-order valence-corrected chi connectivity index (χ3v) is 4.06. The summed E-state index contributed by atoms with van der Waals surface area (Å²) in [6, 6.07) is 5.29. The van der Waals surface area contributed by atoms with Crippen molar-refractivity contribution in [3.8, 4) is 0 Å². The highest BCUT2D eigenvalue weighted by Gasteiger charge is 2.21. The Labute approximate surface area is 125 Å². The van der Waals surface area contributed by atoms with Gasteiger partial charge in [0.2, 0.25) is 0 Å². The molecule has 0 amide bonds. The fourth-order valence-corrected chi connectivity index (χ4v) is 2.79. The minimum atomic E-state index is -0.635. The van der Waals surface area contributed by atoms with Crippen LogP contribution in [0.3, 0.4) is 0 Å². The summed E-state index contributed by atoms with van der Waals surface area (Å²) >= 11 is 0. The Hall–Kier alpha value is -1.46. The molecule has 1 unspecified atom stereocenters. The number of esters is 1. The van der Waals surface area contributed by atoms with Gasteiger partial charge in [-0.1, -0.05) is 6.07 Å². The Morgan fingerprint density at radius 3 is 2.86 bits per heavy atom. The molecule has 4 nitrogen and oxygen atoms in total. The molecule has 1 aromatic rings. The summed E-state index contributed by atoms with van der Waals surface area (Å²) in [7, 11) is 5.45. The number of hydrogen-bond acceptors (Lipinski definition) is 4. The summed E-state index contributed by atoms with van der Waals surface area (Å²) < 4.78 is 18.5. The van der Waals surface area contributed by atoms with Gasteiger partial charge in [0.25, 0.3) is 0 Å². The highest BCUT2D eigenvalue weighted by molar-refractivity contribution is 5.89. The Bertz CT molecular complexity index is 505. The Balaban J connectivity index is 2.03. The van der Waals surface area contributed by atoms with E-state index in [1.807, 2.05) is 0 Å². The molecule has 116 valence electrons. The van der Waals surface area contributed by atoms with Crippen LogP contribution in [0.5, 0.6) is 0 Å². The maximum Gasteiger partial charge on any atom is 0.340 e. The van der Waals surface area contributed by atoms with Crippen LogP contribution in [0, 0.1) is 5.82 Å².